The summed E-state index contributed by atoms with van der Waals surface area (Å²) in [6, 6.07) is 2.94. The molecule has 100 valence electrons. The number of rotatable bonds is 5. The van der Waals surface area contributed by atoms with Gasteiger partial charge in [-0.25, -0.2) is 8.78 Å². The van der Waals surface area contributed by atoms with Crippen LogP contribution in [0.1, 0.15) is 30.4 Å². The molecule has 1 aliphatic rings. The molecule has 1 aliphatic carbocycles. The average molecular weight is 257 g/mol. The Morgan fingerprint density at radius 1 is 1.22 bits per heavy atom. The van der Waals surface area contributed by atoms with E-state index >= 15 is 0 Å². The topological polar surface area (TPSA) is 44.5 Å². The fraction of sp³-hybridized carbons (Fsp3) is 0.538. The van der Waals surface area contributed by atoms with Gasteiger partial charge in [-0.3, -0.25) is 0 Å². The Morgan fingerprint density at radius 3 is 2.28 bits per heavy atom. The van der Waals surface area contributed by atoms with Gasteiger partial charge in [0.2, 0.25) is 0 Å². The molecule has 0 unspecified atom stereocenters. The molecule has 1 saturated carbocycles. The summed E-state index contributed by atoms with van der Waals surface area (Å²) >= 11 is 0. The number of hydrogen-bond acceptors (Lipinski definition) is 3. The Bertz CT molecular complexity index is 445. The Morgan fingerprint density at radius 2 is 1.83 bits per heavy atom. The number of ether oxygens (including phenoxy) is 2. The standard InChI is InChI=1S/C13H17F2NO2/c1-17-10-6-11(18-2)9(12(14)15)5-8(10)7-13(16)3-4-13/h5-6,12H,3-4,7,16H2,1-2H3. The Kier molecular flexibility index (Phi) is 3.43. The SMILES string of the molecule is COc1cc(OC)c(C(F)F)cc1CC1(N)CC1. The molecule has 2 rings (SSSR count). The van der Waals surface area contributed by atoms with Gasteiger partial charge in [0.15, 0.2) is 0 Å². The monoisotopic (exact) mass is 257 g/mol. The summed E-state index contributed by atoms with van der Waals surface area (Å²) in [5.74, 6) is 0.695. The van der Waals surface area contributed by atoms with Gasteiger partial charge < -0.3 is 15.2 Å². The number of alkyl halides is 2. The lowest BCUT2D eigenvalue weighted by atomic mass is 10.0. The minimum Gasteiger partial charge on any atom is -0.496 e. The normalized spacial score (nSPS) is 16.8. The summed E-state index contributed by atoms with van der Waals surface area (Å²) in [4.78, 5) is 0. The molecule has 0 atom stereocenters. The quantitative estimate of drug-likeness (QED) is 0.882. The smallest absolute Gasteiger partial charge is 0.267 e. The van der Waals surface area contributed by atoms with E-state index < -0.39 is 6.43 Å². The summed E-state index contributed by atoms with van der Waals surface area (Å²) in [6.45, 7) is 0. The van der Waals surface area contributed by atoms with E-state index in [9.17, 15) is 8.78 Å². The third kappa shape index (κ3) is 2.56. The Labute approximate surface area is 105 Å². The number of nitrogens with two attached hydrogens (primary N) is 1. The molecule has 0 radical (unpaired) electrons. The third-order valence-corrected chi connectivity index (χ3v) is 3.30. The Balaban J connectivity index is 2.39. The number of hydrogen-bond donors (Lipinski definition) is 1. The van der Waals surface area contributed by atoms with E-state index in [0.29, 0.717) is 17.7 Å². The zero-order valence-corrected chi connectivity index (χ0v) is 10.5. The van der Waals surface area contributed by atoms with Gasteiger partial charge in [0.05, 0.1) is 19.8 Å². The first kappa shape index (κ1) is 13.1. The second-order valence-corrected chi connectivity index (χ2v) is 4.75. The fourth-order valence-electron chi connectivity index (χ4n) is 2.02. The van der Waals surface area contributed by atoms with E-state index in [4.69, 9.17) is 15.2 Å². The zero-order chi connectivity index (χ0) is 13.3. The minimum absolute atomic E-state index is 0.113. The molecule has 1 aromatic carbocycles. The molecule has 0 bridgehead atoms. The van der Waals surface area contributed by atoms with Crippen LogP contribution in [0.25, 0.3) is 0 Å². The summed E-state index contributed by atoms with van der Waals surface area (Å²) in [7, 11) is 2.88. The maximum atomic E-state index is 12.9. The lowest BCUT2D eigenvalue weighted by Gasteiger charge is -2.16. The van der Waals surface area contributed by atoms with Gasteiger partial charge in [-0.15, -0.1) is 0 Å². The largest absolute Gasteiger partial charge is 0.496 e. The van der Waals surface area contributed by atoms with Crippen LogP contribution in [0.15, 0.2) is 12.1 Å². The first-order chi connectivity index (χ1) is 8.49. The first-order valence-corrected chi connectivity index (χ1v) is 5.81. The molecule has 0 aliphatic heterocycles. The number of halogens is 2. The molecular weight excluding hydrogens is 240 g/mol. The molecule has 0 aromatic heterocycles. The molecule has 2 N–H and O–H groups in total. The Hall–Kier alpha value is -1.36. The highest BCUT2D eigenvalue weighted by Crippen LogP contribution is 2.41. The lowest BCUT2D eigenvalue weighted by molar-refractivity contribution is 0.146. The fourth-order valence-corrected chi connectivity index (χ4v) is 2.02. The molecule has 0 saturated heterocycles. The van der Waals surface area contributed by atoms with Crippen molar-refractivity contribution in [2.24, 2.45) is 5.73 Å². The van der Waals surface area contributed by atoms with Gasteiger partial charge in [0, 0.05) is 11.6 Å². The molecule has 0 heterocycles. The van der Waals surface area contributed by atoms with E-state index in [0.717, 1.165) is 12.8 Å². The van der Waals surface area contributed by atoms with Crippen LogP contribution in [0.5, 0.6) is 11.5 Å². The van der Waals surface area contributed by atoms with E-state index in [2.05, 4.69) is 0 Å². The van der Waals surface area contributed by atoms with Crippen LogP contribution < -0.4 is 15.2 Å². The van der Waals surface area contributed by atoms with Crippen molar-refractivity contribution in [2.45, 2.75) is 31.2 Å². The summed E-state index contributed by atoms with van der Waals surface area (Å²) in [5.41, 5.74) is 6.38. The summed E-state index contributed by atoms with van der Waals surface area (Å²) < 4.78 is 36.0. The van der Waals surface area contributed by atoms with E-state index in [1.54, 1.807) is 0 Å². The van der Waals surface area contributed by atoms with Crippen molar-refractivity contribution in [1.82, 2.24) is 0 Å². The molecule has 0 spiro atoms. The second kappa shape index (κ2) is 4.72. The van der Waals surface area contributed by atoms with Crippen LogP contribution in [-0.2, 0) is 6.42 Å². The lowest BCUT2D eigenvalue weighted by Crippen LogP contribution is -2.24. The van der Waals surface area contributed by atoms with Gasteiger partial charge in [-0.2, -0.15) is 0 Å². The highest BCUT2D eigenvalue weighted by atomic mass is 19.3. The molecular formula is C13H17F2NO2. The summed E-state index contributed by atoms with van der Waals surface area (Å²) in [5, 5.41) is 0. The van der Waals surface area contributed by atoms with Gasteiger partial charge in [-0.05, 0) is 30.9 Å². The molecule has 3 nitrogen and oxygen atoms in total. The van der Waals surface area contributed by atoms with E-state index in [-0.39, 0.29) is 16.9 Å². The van der Waals surface area contributed by atoms with Crippen LogP contribution in [0.3, 0.4) is 0 Å². The number of methoxy groups -OCH3 is 2. The van der Waals surface area contributed by atoms with Crippen molar-refractivity contribution in [3.05, 3.63) is 23.3 Å². The molecule has 0 amide bonds. The van der Waals surface area contributed by atoms with Crippen molar-refractivity contribution in [1.29, 1.82) is 0 Å². The van der Waals surface area contributed by atoms with Crippen molar-refractivity contribution in [3.63, 3.8) is 0 Å². The van der Waals surface area contributed by atoms with Crippen LogP contribution in [0, 0.1) is 0 Å². The highest BCUT2D eigenvalue weighted by Gasteiger charge is 2.39. The highest BCUT2D eigenvalue weighted by molar-refractivity contribution is 5.48. The molecule has 1 fully saturated rings. The minimum atomic E-state index is -2.57. The molecule has 5 heteroatoms. The molecule has 1 aromatic rings. The predicted octanol–water partition coefficient (Wildman–Crippen LogP) is 2.68. The van der Waals surface area contributed by atoms with Crippen LogP contribution >= 0.6 is 0 Å². The van der Waals surface area contributed by atoms with Gasteiger partial charge in [-0.1, -0.05) is 0 Å². The zero-order valence-electron chi connectivity index (χ0n) is 10.5. The van der Waals surface area contributed by atoms with E-state index in [1.165, 1.54) is 26.4 Å². The van der Waals surface area contributed by atoms with Crippen molar-refractivity contribution >= 4 is 0 Å². The third-order valence-electron chi connectivity index (χ3n) is 3.30. The summed E-state index contributed by atoms with van der Waals surface area (Å²) in [6.07, 6.45) is -0.171. The van der Waals surface area contributed by atoms with Crippen LogP contribution in [-0.4, -0.2) is 19.8 Å². The van der Waals surface area contributed by atoms with Crippen LogP contribution in [0.2, 0.25) is 0 Å². The van der Waals surface area contributed by atoms with Crippen LogP contribution in [0.4, 0.5) is 8.78 Å². The van der Waals surface area contributed by atoms with Crippen molar-refractivity contribution in [2.75, 3.05) is 14.2 Å². The van der Waals surface area contributed by atoms with Crippen molar-refractivity contribution in [3.8, 4) is 11.5 Å². The first-order valence-electron chi connectivity index (χ1n) is 5.81. The number of benzene rings is 1. The maximum Gasteiger partial charge on any atom is 0.267 e. The van der Waals surface area contributed by atoms with Gasteiger partial charge >= 0.3 is 0 Å². The second-order valence-electron chi connectivity index (χ2n) is 4.75. The predicted molar refractivity (Wildman–Crippen MR) is 64.4 cm³/mol. The van der Waals surface area contributed by atoms with E-state index in [1.807, 2.05) is 0 Å². The molecule has 18 heavy (non-hydrogen) atoms. The average Bonchev–Trinajstić information content (AvgIpc) is 3.06. The maximum absolute atomic E-state index is 12.9. The van der Waals surface area contributed by atoms with Crippen molar-refractivity contribution < 1.29 is 18.3 Å². The van der Waals surface area contributed by atoms with Gasteiger partial charge in [0.25, 0.3) is 6.43 Å². The van der Waals surface area contributed by atoms with Gasteiger partial charge in [0.1, 0.15) is 11.5 Å².